The van der Waals surface area contributed by atoms with Crippen LogP contribution in [0, 0.1) is 0 Å². The Bertz CT molecular complexity index is 974. The quantitative estimate of drug-likeness (QED) is 0.425. The van der Waals surface area contributed by atoms with Crippen LogP contribution in [0.25, 0.3) is 0 Å². The molecule has 2 N–H and O–H groups in total. The summed E-state index contributed by atoms with van der Waals surface area (Å²) in [5.74, 6) is 0.476. The number of guanidine groups is 1. The highest BCUT2D eigenvalue weighted by atomic mass is 32.2. The van der Waals surface area contributed by atoms with Crippen molar-refractivity contribution in [3.05, 3.63) is 71.3 Å². The van der Waals surface area contributed by atoms with Gasteiger partial charge in [0.15, 0.2) is 15.8 Å². The Labute approximate surface area is 171 Å². The lowest BCUT2D eigenvalue weighted by Crippen LogP contribution is -2.43. The average molecular weight is 416 g/mol. The van der Waals surface area contributed by atoms with Gasteiger partial charge in [-0.3, -0.25) is 4.99 Å². The Kier molecular flexibility index (Phi) is 6.87. The summed E-state index contributed by atoms with van der Waals surface area (Å²) in [6.45, 7) is 0.669. The molecule has 0 aliphatic carbocycles. The fourth-order valence-corrected chi connectivity index (χ4v) is 4.77. The lowest BCUT2D eigenvalue weighted by Gasteiger charge is -2.16. The number of ether oxygens (including phenoxy) is 1. The summed E-state index contributed by atoms with van der Waals surface area (Å²) in [7, 11) is -1.32. The first-order chi connectivity index (χ1) is 13.9. The molecule has 154 valence electrons. The fourth-order valence-electron chi connectivity index (χ4n) is 3.10. The Balaban J connectivity index is 1.53. The number of esters is 1. The van der Waals surface area contributed by atoms with Crippen molar-refractivity contribution >= 4 is 21.8 Å². The van der Waals surface area contributed by atoms with Gasteiger partial charge in [-0.2, -0.15) is 0 Å². The van der Waals surface area contributed by atoms with Crippen molar-refractivity contribution in [2.24, 2.45) is 4.99 Å². The Morgan fingerprint density at radius 1 is 1.14 bits per heavy atom. The number of hydrogen-bond acceptors (Lipinski definition) is 5. The van der Waals surface area contributed by atoms with E-state index >= 15 is 0 Å². The van der Waals surface area contributed by atoms with Crippen molar-refractivity contribution in [1.29, 1.82) is 0 Å². The van der Waals surface area contributed by atoms with Crippen LogP contribution in [0.4, 0.5) is 0 Å². The summed E-state index contributed by atoms with van der Waals surface area (Å²) in [5.41, 5.74) is 2.30. The molecule has 3 rings (SSSR count). The molecule has 1 heterocycles. The topological polar surface area (TPSA) is 96.9 Å². The SMILES string of the molecule is CN=C(NCc1cccc(C(=O)OCc2ccccc2)c1)NC1CCS(=O)(=O)C1. The zero-order valence-corrected chi connectivity index (χ0v) is 17.1. The van der Waals surface area contributed by atoms with Crippen LogP contribution in [-0.2, 0) is 27.7 Å². The molecule has 2 aromatic rings. The van der Waals surface area contributed by atoms with Crippen LogP contribution in [0.15, 0.2) is 59.6 Å². The van der Waals surface area contributed by atoms with Gasteiger partial charge >= 0.3 is 5.97 Å². The molecule has 0 amide bonds. The molecule has 0 radical (unpaired) electrons. The van der Waals surface area contributed by atoms with E-state index in [9.17, 15) is 13.2 Å². The highest BCUT2D eigenvalue weighted by molar-refractivity contribution is 7.91. The van der Waals surface area contributed by atoms with Gasteiger partial charge in [0, 0.05) is 19.6 Å². The molecule has 0 bridgehead atoms. The third-order valence-corrected chi connectivity index (χ3v) is 6.40. The van der Waals surface area contributed by atoms with Gasteiger partial charge < -0.3 is 15.4 Å². The first kappa shape index (κ1) is 20.9. The van der Waals surface area contributed by atoms with E-state index in [1.807, 2.05) is 36.4 Å². The van der Waals surface area contributed by atoms with Crippen molar-refractivity contribution in [2.45, 2.75) is 25.6 Å². The van der Waals surface area contributed by atoms with E-state index in [1.54, 1.807) is 25.2 Å². The van der Waals surface area contributed by atoms with Crippen molar-refractivity contribution in [1.82, 2.24) is 10.6 Å². The minimum absolute atomic E-state index is 0.121. The molecule has 1 unspecified atom stereocenters. The zero-order valence-electron chi connectivity index (χ0n) is 16.3. The molecule has 29 heavy (non-hydrogen) atoms. The number of sulfone groups is 1. The standard InChI is InChI=1S/C21H25N3O4S/c1-22-21(24-19-10-11-29(26,27)15-19)23-13-17-8-5-9-18(12-17)20(25)28-14-16-6-3-2-4-7-16/h2-9,12,19H,10-11,13-15H2,1H3,(H2,22,23,24). The van der Waals surface area contributed by atoms with E-state index in [0.29, 0.717) is 24.5 Å². The van der Waals surface area contributed by atoms with Crippen molar-refractivity contribution in [3.63, 3.8) is 0 Å². The maximum atomic E-state index is 12.3. The van der Waals surface area contributed by atoms with Gasteiger partial charge in [-0.15, -0.1) is 0 Å². The minimum Gasteiger partial charge on any atom is -0.457 e. The van der Waals surface area contributed by atoms with Gasteiger partial charge in [0.2, 0.25) is 0 Å². The van der Waals surface area contributed by atoms with Gasteiger partial charge in [0.1, 0.15) is 6.61 Å². The largest absolute Gasteiger partial charge is 0.457 e. The normalized spacial score (nSPS) is 18.2. The highest BCUT2D eigenvalue weighted by Crippen LogP contribution is 2.12. The summed E-state index contributed by atoms with van der Waals surface area (Å²) in [4.78, 5) is 16.5. The Morgan fingerprint density at radius 3 is 2.59 bits per heavy atom. The third kappa shape index (κ3) is 6.32. The van der Waals surface area contributed by atoms with Gasteiger partial charge in [-0.1, -0.05) is 42.5 Å². The summed E-state index contributed by atoms with van der Waals surface area (Å²) < 4.78 is 28.6. The molecular weight excluding hydrogens is 390 g/mol. The van der Waals surface area contributed by atoms with Crippen LogP contribution >= 0.6 is 0 Å². The van der Waals surface area contributed by atoms with E-state index < -0.39 is 9.84 Å². The molecular formula is C21H25N3O4S. The maximum Gasteiger partial charge on any atom is 0.338 e. The first-order valence-electron chi connectivity index (χ1n) is 9.43. The smallest absolute Gasteiger partial charge is 0.338 e. The van der Waals surface area contributed by atoms with Crippen molar-refractivity contribution in [3.8, 4) is 0 Å². The predicted octanol–water partition coefficient (Wildman–Crippen LogP) is 1.90. The van der Waals surface area contributed by atoms with Crippen molar-refractivity contribution in [2.75, 3.05) is 18.6 Å². The second-order valence-electron chi connectivity index (χ2n) is 6.93. The van der Waals surface area contributed by atoms with Crippen LogP contribution < -0.4 is 10.6 Å². The maximum absolute atomic E-state index is 12.3. The third-order valence-electron chi connectivity index (χ3n) is 4.63. The van der Waals surface area contributed by atoms with Crippen LogP contribution in [-0.4, -0.2) is 44.9 Å². The zero-order chi connectivity index (χ0) is 20.7. The number of nitrogens with zero attached hydrogens (tertiary/aromatic N) is 1. The van der Waals surface area contributed by atoms with Gasteiger partial charge in [0.05, 0.1) is 17.1 Å². The molecule has 1 aliphatic rings. The summed E-state index contributed by atoms with van der Waals surface area (Å²) in [6.07, 6.45) is 0.575. The molecule has 2 aromatic carbocycles. The van der Waals surface area contributed by atoms with Crippen molar-refractivity contribution < 1.29 is 17.9 Å². The molecule has 0 saturated carbocycles. The molecule has 0 aromatic heterocycles. The Hall–Kier alpha value is -2.87. The number of hydrogen-bond donors (Lipinski definition) is 2. The van der Waals surface area contributed by atoms with Crippen LogP contribution in [0.1, 0.15) is 27.9 Å². The van der Waals surface area contributed by atoms with E-state index in [0.717, 1.165) is 11.1 Å². The number of rotatable bonds is 6. The van der Waals surface area contributed by atoms with E-state index in [4.69, 9.17) is 4.74 Å². The number of aliphatic imine (C=N–C) groups is 1. The van der Waals surface area contributed by atoms with Gasteiger partial charge in [-0.25, -0.2) is 13.2 Å². The lowest BCUT2D eigenvalue weighted by atomic mass is 10.1. The van der Waals surface area contributed by atoms with E-state index in [-0.39, 0.29) is 30.1 Å². The van der Waals surface area contributed by atoms with Crippen LogP contribution in [0.2, 0.25) is 0 Å². The van der Waals surface area contributed by atoms with Gasteiger partial charge in [0.25, 0.3) is 0 Å². The number of benzene rings is 2. The molecule has 7 nitrogen and oxygen atoms in total. The molecule has 1 saturated heterocycles. The highest BCUT2D eigenvalue weighted by Gasteiger charge is 2.28. The molecule has 8 heteroatoms. The molecule has 1 atom stereocenters. The number of carbonyl (C=O) groups is 1. The predicted molar refractivity (Wildman–Crippen MR) is 112 cm³/mol. The number of carbonyl (C=O) groups excluding carboxylic acids is 1. The number of nitrogens with one attached hydrogen (secondary N) is 2. The first-order valence-corrected chi connectivity index (χ1v) is 11.2. The minimum atomic E-state index is -2.95. The summed E-state index contributed by atoms with van der Waals surface area (Å²) >= 11 is 0. The van der Waals surface area contributed by atoms with E-state index in [1.165, 1.54) is 0 Å². The van der Waals surface area contributed by atoms with E-state index in [2.05, 4.69) is 15.6 Å². The summed E-state index contributed by atoms with van der Waals surface area (Å²) in [6, 6.07) is 16.6. The molecule has 1 aliphatic heterocycles. The van der Waals surface area contributed by atoms with Crippen LogP contribution in [0.3, 0.4) is 0 Å². The monoisotopic (exact) mass is 415 g/mol. The average Bonchev–Trinajstić information content (AvgIpc) is 3.08. The van der Waals surface area contributed by atoms with Gasteiger partial charge in [-0.05, 0) is 29.7 Å². The lowest BCUT2D eigenvalue weighted by molar-refractivity contribution is 0.0472. The summed E-state index contributed by atoms with van der Waals surface area (Å²) in [5, 5.41) is 6.29. The molecule has 1 fully saturated rings. The second-order valence-corrected chi connectivity index (χ2v) is 9.16. The van der Waals surface area contributed by atoms with Crippen LogP contribution in [0.5, 0.6) is 0 Å². The second kappa shape index (κ2) is 9.56. The molecule has 0 spiro atoms. The fraction of sp³-hybridized carbons (Fsp3) is 0.333. The Morgan fingerprint density at radius 2 is 1.90 bits per heavy atom.